The molecule has 0 fully saturated rings. The smallest absolute Gasteiger partial charge is 0.166 e. The zero-order valence-electron chi connectivity index (χ0n) is 11.2. The van der Waals surface area contributed by atoms with Gasteiger partial charge >= 0.3 is 0 Å². The molecule has 0 spiro atoms. The number of phenolic OH excluding ortho intramolecular Hbond substituents is 1. The molecular formula is C17H15NO2. The van der Waals surface area contributed by atoms with E-state index >= 15 is 0 Å². The van der Waals surface area contributed by atoms with E-state index in [1.165, 1.54) is 5.56 Å². The highest BCUT2D eigenvalue weighted by Gasteiger charge is 2.20. The van der Waals surface area contributed by atoms with Crippen molar-refractivity contribution in [2.75, 3.05) is 19.0 Å². The van der Waals surface area contributed by atoms with Crippen LogP contribution in [-0.2, 0) is 6.42 Å². The molecule has 2 N–H and O–H groups in total. The Morgan fingerprint density at radius 2 is 2.00 bits per heavy atom. The number of nitrogens with one attached hydrogen (secondary N) is 1. The number of aromatic hydroxyl groups is 1. The molecule has 0 bridgehead atoms. The summed E-state index contributed by atoms with van der Waals surface area (Å²) in [7, 11) is 1.60. The Kier molecular flexibility index (Phi) is 2.30. The SMILES string of the molecule is COc1cc2c3c(cc4ccccc4c3c1O)NCC2. The lowest BCUT2D eigenvalue weighted by Gasteiger charge is -2.22. The number of hydrogen-bond acceptors (Lipinski definition) is 3. The molecule has 4 rings (SSSR count). The van der Waals surface area contributed by atoms with Gasteiger partial charge in [0, 0.05) is 23.0 Å². The lowest BCUT2D eigenvalue weighted by Crippen LogP contribution is -2.12. The number of fused-ring (bicyclic) bond motifs is 2. The zero-order valence-corrected chi connectivity index (χ0v) is 11.2. The molecule has 1 aliphatic rings. The van der Waals surface area contributed by atoms with Crippen molar-refractivity contribution in [2.45, 2.75) is 6.42 Å². The summed E-state index contributed by atoms with van der Waals surface area (Å²) in [5, 5.41) is 18.2. The van der Waals surface area contributed by atoms with Gasteiger partial charge in [-0.05, 0) is 34.9 Å². The monoisotopic (exact) mass is 265 g/mol. The average molecular weight is 265 g/mol. The summed E-state index contributed by atoms with van der Waals surface area (Å²) >= 11 is 0. The van der Waals surface area contributed by atoms with Gasteiger partial charge in [0.2, 0.25) is 0 Å². The third-order valence-corrected chi connectivity index (χ3v) is 4.08. The molecule has 3 aromatic carbocycles. The number of anilines is 1. The van der Waals surface area contributed by atoms with E-state index in [1.54, 1.807) is 7.11 Å². The Balaban J connectivity index is 2.30. The first kappa shape index (κ1) is 11.4. The quantitative estimate of drug-likeness (QED) is 0.659. The molecule has 100 valence electrons. The van der Waals surface area contributed by atoms with Crippen molar-refractivity contribution in [2.24, 2.45) is 0 Å². The first-order valence-electron chi connectivity index (χ1n) is 6.78. The minimum absolute atomic E-state index is 0.230. The van der Waals surface area contributed by atoms with E-state index in [2.05, 4.69) is 17.4 Å². The van der Waals surface area contributed by atoms with Crippen molar-refractivity contribution in [1.29, 1.82) is 0 Å². The molecule has 0 aliphatic carbocycles. The van der Waals surface area contributed by atoms with E-state index < -0.39 is 0 Å². The molecule has 0 unspecified atom stereocenters. The van der Waals surface area contributed by atoms with E-state index in [0.717, 1.165) is 40.2 Å². The highest BCUT2D eigenvalue weighted by atomic mass is 16.5. The molecule has 3 nitrogen and oxygen atoms in total. The maximum atomic E-state index is 10.6. The van der Waals surface area contributed by atoms with Gasteiger partial charge in [-0.25, -0.2) is 0 Å². The number of benzene rings is 3. The van der Waals surface area contributed by atoms with Crippen molar-refractivity contribution < 1.29 is 9.84 Å². The number of methoxy groups -OCH3 is 1. The summed E-state index contributed by atoms with van der Waals surface area (Å²) in [5.74, 6) is 0.782. The molecule has 3 aromatic rings. The fourth-order valence-electron chi connectivity index (χ4n) is 3.17. The lowest BCUT2D eigenvalue weighted by atomic mass is 9.92. The number of rotatable bonds is 1. The maximum Gasteiger partial charge on any atom is 0.166 e. The van der Waals surface area contributed by atoms with Crippen LogP contribution in [0, 0.1) is 0 Å². The summed E-state index contributed by atoms with van der Waals surface area (Å²) in [6.07, 6.45) is 0.943. The van der Waals surface area contributed by atoms with E-state index in [9.17, 15) is 5.11 Å². The van der Waals surface area contributed by atoms with Gasteiger partial charge < -0.3 is 15.2 Å². The summed E-state index contributed by atoms with van der Waals surface area (Å²) in [6.45, 7) is 0.911. The van der Waals surface area contributed by atoms with Crippen LogP contribution in [-0.4, -0.2) is 18.8 Å². The van der Waals surface area contributed by atoms with Gasteiger partial charge in [0.15, 0.2) is 11.5 Å². The normalized spacial score (nSPS) is 13.4. The summed E-state index contributed by atoms with van der Waals surface area (Å²) in [5.41, 5.74) is 2.33. The van der Waals surface area contributed by atoms with Gasteiger partial charge in [0.25, 0.3) is 0 Å². The third-order valence-electron chi connectivity index (χ3n) is 4.08. The minimum Gasteiger partial charge on any atom is -0.504 e. The second kappa shape index (κ2) is 4.04. The third kappa shape index (κ3) is 1.40. The summed E-state index contributed by atoms with van der Waals surface area (Å²) in [6, 6.07) is 12.2. The topological polar surface area (TPSA) is 41.5 Å². The van der Waals surface area contributed by atoms with Crippen molar-refractivity contribution >= 4 is 27.2 Å². The van der Waals surface area contributed by atoms with Crippen LogP contribution in [0.25, 0.3) is 21.5 Å². The molecule has 0 radical (unpaired) electrons. The first-order valence-corrected chi connectivity index (χ1v) is 6.78. The summed E-state index contributed by atoms with van der Waals surface area (Å²) < 4.78 is 5.34. The van der Waals surface area contributed by atoms with E-state index in [4.69, 9.17) is 4.74 Å². The Labute approximate surface area is 116 Å². The van der Waals surface area contributed by atoms with Gasteiger partial charge in [0.05, 0.1) is 7.11 Å². The number of phenols is 1. The lowest BCUT2D eigenvalue weighted by molar-refractivity contribution is 0.376. The Hall–Kier alpha value is -2.42. The number of ether oxygens (including phenoxy) is 1. The zero-order chi connectivity index (χ0) is 13.7. The number of hydrogen-bond donors (Lipinski definition) is 2. The largest absolute Gasteiger partial charge is 0.504 e. The van der Waals surface area contributed by atoms with Crippen molar-refractivity contribution in [3.8, 4) is 11.5 Å². The minimum atomic E-state index is 0.230. The van der Waals surface area contributed by atoms with Gasteiger partial charge in [-0.1, -0.05) is 24.3 Å². The molecule has 20 heavy (non-hydrogen) atoms. The maximum absolute atomic E-state index is 10.6. The second-order valence-electron chi connectivity index (χ2n) is 5.16. The van der Waals surface area contributed by atoms with Crippen LogP contribution in [0.2, 0.25) is 0 Å². The molecule has 1 heterocycles. The van der Waals surface area contributed by atoms with E-state index in [-0.39, 0.29) is 5.75 Å². The molecule has 0 aromatic heterocycles. The molecule has 0 amide bonds. The van der Waals surface area contributed by atoms with Crippen molar-refractivity contribution in [3.05, 3.63) is 42.0 Å². The molecule has 3 heteroatoms. The Morgan fingerprint density at radius 1 is 1.15 bits per heavy atom. The van der Waals surface area contributed by atoms with Crippen LogP contribution in [0.1, 0.15) is 5.56 Å². The highest BCUT2D eigenvalue weighted by molar-refractivity contribution is 6.17. The van der Waals surface area contributed by atoms with Crippen LogP contribution in [0.3, 0.4) is 0 Å². The fourth-order valence-corrected chi connectivity index (χ4v) is 3.17. The first-order chi connectivity index (χ1) is 9.79. The van der Waals surface area contributed by atoms with Crippen LogP contribution in [0.15, 0.2) is 36.4 Å². The molecule has 0 atom stereocenters. The van der Waals surface area contributed by atoms with Gasteiger partial charge in [0.1, 0.15) is 0 Å². The van der Waals surface area contributed by atoms with Crippen LogP contribution in [0.4, 0.5) is 5.69 Å². The Morgan fingerprint density at radius 3 is 2.85 bits per heavy atom. The molecular weight excluding hydrogens is 250 g/mol. The second-order valence-corrected chi connectivity index (χ2v) is 5.16. The average Bonchev–Trinajstić information content (AvgIpc) is 2.49. The summed E-state index contributed by atoms with van der Waals surface area (Å²) in [4.78, 5) is 0. The molecule has 0 saturated carbocycles. The Bertz CT molecular complexity index is 839. The van der Waals surface area contributed by atoms with Gasteiger partial charge in [-0.15, -0.1) is 0 Å². The fraction of sp³-hybridized carbons (Fsp3) is 0.176. The predicted molar refractivity (Wildman–Crippen MR) is 81.9 cm³/mol. The van der Waals surface area contributed by atoms with Crippen LogP contribution in [0.5, 0.6) is 11.5 Å². The molecule has 0 saturated heterocycles. The standard InChI is InChI=1S/C17H15NO2/c1-20-14-9-11-6-7-18-13-8-10-4-2-3-5-12(10)16(15(11)13)17(14)19/h2-5,8-9,18-19H,6-7H2,1H3. The van der Waals surface area contributed by atoms with E-state index in [1.807, 2.05) is 24.3 Å². The van der Waals surface area contributed by atoms with Crippen LogP contribution < -0.4 is 10.1 Å². The predicted octanol–water partition coefficient (Wildman–Crippen LogP) is 3.68. The molecule has 1 aliphatic heterocycles. The van der Waals surface area contributed by atoms with Crippen molar-refractivity contribution in [3.63, 3.8) is 0 Å². The van der Waals surface area contributed by atoms with Crippen molar-refractivity contribution in [1.82, 2.24) is 0 Å². The van der Waals surface area contributed by atoms with Crippen LogP contribution >= 0.6 is 0 Å². The van der Waals surface area contributed by atoms with Gasteiger partial charge in [-0.3, -0.25) is 0 Å². The highest BCUT2D eigenvalue weighted by Crippen LogP contribution is 2.45. The van der Waals surface area contributed by atoms with E-state index in [0.29, 0.717) is 5.75 Å². The van der Waals surface area contributed by atoms with Gasteiger partial charge in [-0.2, -0.15) is 0 Å².